The Bertz CT molecular complexity index is 1140. The number of ether oxygens (including phenoxy) is 2. The van der Waals surface area contributed by atoms with Crippen molar-refractivity contribution in [3.8, 4) is 11.5 Å². The number of esters is 1. The third-order valence-corrected chi connectivity index (χ3v) is 11.5. The number of aliphatic hydroxyl groups excluding tert-OH is 1. The number of fused-ring (bicyclic) bond motifs is 4. The van der Waals surface area contributed by atoms with Crippen LogP contribution >= 0.6 is 21.6 Å². The Balaban J connectivity index is 1.92. The minimum atomic E-state index is -0.549. The van der Waals surface area contributed by atoms with E-state index in [-0.39, 0.29) is 48.1 Å². The van der Waals surface area contributed by atoms with E-state index in [9.17, 15) is 19.8 Å². The van der Waals surface area contributed by atoms with E-state index in [0.29, 0.717) is 43.4 Å². The first-order chi connectivity index (χ1) is 22.1. The van der Waals surface area contributed by atoms with E-state index in [0.717, 1.165) is 74.9 Å². The largest absolute Gasteiger partial charge is 0.504 e. The number of carbonyl (C=O) groups excluding carboxylic acids is 2. The molecule has 0 unspecified atom stereocenters. The van der Waals surface area contributed by atoms with Crippen molar-refractivity contribution in [3.63, 3.8) is 0 Å². The Morgan fingerprint density at radius 2 is 1.89 bits per heavy atom. The first kappa shape index (κ1) is 38.1. The van der Waals surface area contributed by atoms with Crippen LogP contribution < -0.4 is 16.2 Å². The van der Waals surface area contributed by atoms with Gasteiger partial charge in [0.15, 0.2) is 17.5 Å². The van der Waals surface area contributed by atoms with Crippen molar-refractivity contribution in [1.82, 2.24) is 4.90 Å². The molecule has 4 bridgehead atoms. The number of aliphatic imine (C=N–C) groups is 1. The van der Waals surface area contributed by atoms with Crippen LogP contribution in [0, 0.1) is 5.92 Å². The summed E-state index contributed by atoms with van der Waals surface area (Å²) in [4.78, 5) is 32.0. The number of nitrogens with zero attached hydrogens (tertiary/aromatic N) is 2. The second-order valence-corrected chi connectivity index (χ2v) is 15.4. The van der Waals surface area contributed by atoms with Crippen molar-refractivity contribution in [2.45, 2.75) is 135 Å². The van der Waals surface area contributed by atoms with Crippen LogP contribution in [0.25, 0.3) is 0 Å². The molecule has 1 amide bonds. The highest BCUT2D eigenvalue weighted by Crippen LogP contribution is 2.39. The van der Waals surface area contributed by atoms with E-state index >= 15 is 0 Å². The fourth-order valence-corrected chi connectivity index (χ4v) is 9.07. The molecule has 0 spiro atoms. The lowest BCUT2D eigenvalue weighted by Gasteiger charge is -2.30. The van der Waals surface area contributed by atoms with Gasteiger partial charge >= 0.3 is 5.97 Å². The Morgan fingerprint density at radius 1 is 1.11 bits per heavy atom. The van der Waals surface area contributed by atoms with Gasteiger partial charge in [0.05, 0.1) is 19.3 Å². The highest BCUT2D eigenvalue weighted by Gasteiger charge is 2.40. The van der Waals surface area contributed by atoms with E-state index < -0.39 is 12.2 Å². The predicted octanol–water partition coefficient (Wildman–Crippen LogP) is 5.69. The SMILES string of the molecule is CCCCC[C@@H]1[C@H]2CC(=O)N1Cc1cc(cc(OC)c1O)CC[C@@H](OC(C)=O)C[C@@H](O)CCCCCCSSC[C@H](N=C(N)N)C2. The number of unbranched alkanes of at least 4 members (excludes halogenated alkanes) is 2. The normalized spacial score (nSPS) is 25.9. The summed E-state index contributed by atoms with van der Waals surface area (Å²) in [5.74, 6) is 2.04. The maximum atomic E-state index is 13.6. The standard InChI is InChI=1S/C34H56N4O6S2/c1-4-5-8-12-30-25-18-27(37-34(35)36)22-46-45-15-10-7-6-9-11-28(40)20-29(44-23(2)39)14-13-24-16-26(21-38(30)32(41)19-25)33(42)31(17-24)43-3/h16-17,25,27-30,40,42H,4-15,18-22H2,1-3H3,(H4,35,36,37)/t25-,27-,28+,29-,30-/m1/s1. The van der Waals surface area contributed by atoms with Crippen molar-refractivity contribution in [3.05, 3.63) is 23.3 Å². The van der Waals surface area contributed by atoms with Gasteiger partial charge in [-0.15, -0.1) is 0 Å². The minimum absolute atomic E-state index is 0.0129. The Kier molecular flexibility index (Phi) is 16.7. The molecule has 2 aliphatic heterocycles. The molecule has 6 N–H and O–H groups in total. The molecule has 0 aliphatic carbocycles. The maximum Gasteiger partial charge on any atom is 0.302 e. The van der Waals surface area contributed by atoms with E-state index in [1.165, 1.54) is 14.0 Å². The molecule has 10 nitrogen and oxygen atoms in total. The van der Waals surface area contributed by atoms with Crippen LogP contribution in [0.15, 0.2) is 17.1 Å². The molecular weight excluding hydrogens is 625 g/mol. The van der Waals surface area contributed by atoms with Crippen molar-refractivity contribution in [2.24, 2.45) is 22.4 Å². The molecule has 1 aromatic carbocycles. The van der Waals surface area contributed by atoms with Crippen molar-refractivity contribution >= 4 is 39.4 Å². The molecule has 5 atom stereocenters. The first-order valence-electron chi connectivity index (χ1n) is 17.0. The molecule has 1 aromatic rings. The molecule has 0 aromatic heterocycles. The number of hydrogen-bond donors (Lipinski definition) is 4. The molecule has 2 aliphatic rings. The number of benzene rings is 1. The topological polar surface area (TPSA) is 161 Å². The smallest absolute Gasteiger partial charge is 0.302 e. The Morgan fingerprint density at radius 3 is 2.61 bits per heavy atom. The number of aromatic hydroxyl groups is 1. The van der Waals surface area contributed by atoms with Crippen LogP contribution in [0.3, 0.4) is 0 Å². The van der Waals surface area contributed by atoms with Crippen LogP contribution in [-0.4, -0.2) is 75.9 Å². The number of aliphatic hydroxyl groups is 1. The number of carbonyl (C=O) groups is 2. The quantitative estimate of drug-likeness (QED) is 0.0926. The van der Waals surface area contributed by atoms with E-state index in [1.54, 1.807) is 16.9 Å². The lowest BCUT2D eigenvalue weighted by Crippen LogP contribution is -2.36. The summed E-state index contributed by atoms with van der Waals surface area (Å²) >= 11 is 0. The fourth-order valence-electron chi connectivity index (χ4n) is 6.70. The van der Waals surface area contributed by atoms with Crippen LogP contribution in [-0.2, 0) is 27.3 Å². The van der Waals surface area contributed by atoms with Crippen LogP contribution in [0.4, 0.5) is 0 Å². The van der Waals surface area contributed by atoms with Crippen molar-refractivity contribution < 1.29 is 29.3 Å². The molecule has 260 valence electrons. The Labute approximate surface area is 283 Å². The van der Waals surface area contributed by atoms with E-state index in [2.05, 4.69) is 11.9 Å². The average molecular weight is 681 g/mol. The maximum absolute atomic E-state index is 13.6. The summed E-state index contributed by atoms with van der Waals surface area (Å²) in [5.41, 5.74) is 13.2. The van der Waals surface area contributed by atoms with Crippen molar-refractivity contribution in [1.29, 1.82) is 0 Å². The molecular formula is C34H56N4O6S2. The van der Waals surface area contributed by atoms with Crippen LogP contribution in [0.5, 0.6) is 11.5 Å². The second kappa shape index (κ2) is 20.1. The zero-order valence-corrected chi connectivity index (χ0v) is 29.6. The number of rotatable bonds is 7. The van der Waals surface area contributed by atoms with Gasteiger partial charge in [-0.2, -0.15) is 0 Å². The fraction of sp³-hybridized carbons (Fsp3) is 0.735. The van der Waals surface area contributed by atoms with Gasteiger partial charge in [0, 0.05) is 49.4 Å². The van der Waals surface area contributed by atoms with E-state index in [4.69, 9.17) is 20.9 Å². The number of hydrogen-bond acceptors (Lipinski definition) is 9. The molecule has 46 heavy (non-hydrogen) atoms. The minimum Gasteiger partial charge on any atom is -0.504 e. The van der Waals surface area contributed by atoms with Gasteiger partial charge in [-0.3, -0.25) is 9.59 Å². The number of aryl methyl sites for hydroxylation is 1. The van der Waals surface area contributed by atoms with Gasteiger partial charge in [0.25, 0.3) is 0 Å². The van der Waals surface area contributed by atoms with Gasteiger partial charge in [0.2, 0.25) is 5.91 Å². The van der Waals surface area contributed by atoms with Crippen LogP contribution in [0.2, 0.25) is 0 Å². The zero-order chi connectivity index (χ0) is 33.5. The summed E-state index contributed by atoms with van der Waals surface area (Å²) < 4.78 is 11.2. The number of phenols is 1. The lowest BCUT2D eigenvalue weighted by atomic mass is 9.89. The van der Waals surface area contributed by atoms with Gasteiger partial charge in [-0.1, -0.05) is 73.1 Å². The van der Waals surface area contributed by atoms with Crippen molar-refractivity contribution in [2.75, 3.05) is 18.6 Å². The molecule has 0 radical (unpaired) electrons. The lowest BCUT2D eigenvalue weighted by molar-refractivity contribution is -0.148. The van der Waals surface area contributed by atoms with Crippen LogP contribution in [0.1, 0.15) is 108 Å². The zero-order valence-electron chi connectivity index (χ0n) is 28.0. The summed E-state index contributed by atoms with van der Waals surface area (Å²) in [6.07, 6.45) is 10.5. The first-order valence-corrected chi connectivity index (χ1v) is 19.5. The third kappa shape index (κ3) is 12.7. The summed E-state index contributed by atoms with van der Waals surface area (Å²) in [7, 11) is 5.13. The van der Waals surface area contributed by atoms with Gasteiger partial charge < -0.3 is 36.1 Å². The number of guanidine groups is 1. The molecule has 1 fully saturated rings. The number of amides is 1. The summed E-state index contributed by atoms with van der Waals surface area (Å²) in [5, 5.41) is 21.9. The molecule has 0 saturated carbocycles. The number of phenolic OH excluding ortho intramolecular Hbond substituents is 1. The van der Waals surface area contributed by atoms with E-state index in [1.807, 2.05) is 21.8 Å². The highest BCUT2D eigenvalue weighted by atomic mass is 33.1. The average Bonchev–Trinajstić information content (AvgIpc) is 3.28. The second-order valence-electron chi connectivity index (χ2n) is 12.8. The molecule has 3 rings (SSSR count). The number of methoxy groups -OCH3 is 1. The van der Waals surface area contributed by atoms with Gasteiger partial charge in [-0.25, -0.2) is 4.99 Å². The number of nitrogens with two attached hydrogens (primary N) is 2. The summed E-state index contributed by atoms with van der Waals surface area (Å²) in [6, 6.07) is 3.65. The van der Waals surface area contributed by atoms with Gasteiger partial charge in [-0.05, 0) is 56.1 Å². The highest BCUT2D eigenvalue weighted by molar-refractivity contribution is 8.76. The Hall–Kier alpha value is -2.31. The molecule has 1 saturated heterocycles. The van der Waals surface area contributed by atoms with Gasteiger partial charge in [0.1, 0.15) is 6.10 Å². The summed E-state index contributed by atoms with van der Waals surface area (Å²) in [6.45, 7) is 3.84. The molecule has 2 heterocycles. The predicted molar refractivity (Wildman–Crippen MR) is 188 cm³/mol. The third-order valence-electron chi connectivity index (χ3n) is 8.97. The molecule has 12 heteroatoms. The monoisotopic (exact) mass is 680 g/mol.